The molecule has 2 rings (SSSR count). The SMILES string of the molecule is Cc1ccccc1NC(=O)CCNCCc1ccc(Cl)cc1. The summed E-state index contributed by atoms with van der Waals surface area (Å²) >= 11 is 5.85. The zero-order chi connectivity index (χ0) is 15.8. The molecule has 2 aromatic rings. The van der Waals surface area contributed by atoms with Crippen molar-refractivity contribution in [2.75, 3.05) is 18.4 Å². The molecular formula is C18H21ClN2O. The number of rotatable bonds is 7. The fourth-order valence-electron chi connectivity index (χ4n) is 2.14. The summed E-state index contributed by atoms with van der Waals surface area (Å²) in [6.07, 6.45) is 1.39. The Morgan fingerprint density at radius 1 is 1.05 bits per heavy atom. The van der Waals surface area contributed by atoms with E-state index in [0.717, 1.165) is 29.2 Å². The largest absolute Gasteiger partial charge is 0.326 e. The van der Waals surface area contributed by atoms with Gasteiger partial charge in [0.05, 0.1) is 0 Å². The lowest BCUT2D eigenvalue weighted by Gasteiger charge is -2.08. The molecule has 0 spiro atoms. The maximum atomic E-state index is 11.9. The standard InChI is InChI=1S/C18H21ClN2O/c1-14-4-2-3-5-17(14)21-18(22)11-13-20-12-10-15-6-8-16(19)9-7-15/h2-9,20H,10-13H2,1H3,(H,21,22). The Morgan fingerprint density at radius 3 is 2.50 bits per heavy atom. The molecule has 0 aromatic heterocycles. The van der Waals surface area contributed by atoms with Crippen molar-refractivity contribution in [1.29, 1.82) is 0 Å². The molecule has 22 heavy (non-hydrogen) atoms. The fraction of sp³-hybridized carbons (Fsp3) is 0.278. The first kappa shape index (κ1) is 16.5. The van der Waals surface area contributed by atoms with Crippen LogP contribution in [0.5, 0.6) is 0 Å². The van der Waals surface area contributed by atoms with Crippen molar-refractivity contribution >= 4 is 23.2 Å². The predicted octanol–water partition coefficient (Wildman–Crippen LogP) is 3.81. The summed E-state index contributed by atoms with van der Waals surface area (Å²) in [4.78, 5) is 11.9. The number of hydrogen-bond acceptors (Lipinski definition) is 2. The highest BCUT2D eigenvalue weighted by atomic mass is 35.5. The van der Waals surface area contributed by atoms with E-state index in [1.165, 1.54) is 5.56 Å². The van der Waals surface area contributed by atoms with Gasteiger partial charge < -0.3 is 10.6 Å². The van der Waals surface area contributed by atoms with E-state index in [4.69, 9.17) is 11.6 Å². The maximum Gasteiger partial charge on any atom is 0.225 e. The summed E-state index contributed by atoms with van der Waals surface area (Å²) in [5.74, 6) is 0.0355. The number of carbonyl (C=O) groups is 1. The van der Waals surface area contributed by atoms with Gasteiger partial charge in [-0.3, -0.25) is 4.79 Å². The van der Waals surface area contributed by atoms with Crippen LogP contribution in [0.4, 0.5) is 5.69 Å². The molecule has 3 nitrogen and oxygen atoms in total. The lowest BCUT2D eigenvalue weighted by atomic mass is 10.1. The second-order valence-corrected chi connectivity index (χ2v) is 5.68. The summed E-state index contributed by atoms with van der Waals surface area (Å²) in [5.41, 5.74) is 3.20. The molecule has 116 valence electrons. The molecule has 0 bridgehead atoms. The molecule has 0 saturated heterocycles. The molecule has 0 saturated carbocycles. The first-order chi connectivity index (χ1) is 10.6. The first-order valence-electron chi connectivity index (χ1n) is 7.46. The summed E-state index contributed by atoms with van der Waals surface area (Å²) in [6.45, 7) is 3.50. The van der Waals surface area contributed by atoms with E-state index < -0.39 is 0 Å². The van der Waals surface area contributed by atoms with Gasteiger partial charge in [-0.1, -0.05) is 41.9 Å². The van der Waals surface area contributed by atoms with E-state index in [1.54, 1.807) is 0 Å². The van der Waals surface area contributed by atoms with E-state index in [2.05, 4.69) is 10.6 Å². The van der Waals surface area contributed by atoms with Gasteiger partial charge in [-0.05, 0) is 49.2 Å². The van der Waals surface area contributed by atoms with Crippen LogP contribution >= 0.6 is 11.6 Å². The molecule has 2 aromatic carbocycles. The third-order valence-corrected chi connectivity index (χ3v) is 3.70. The van der Waals surface area contributed by atoms with Crippen LogP contribution in [0.3, 0.4) is 0 Å². The van der Waals surface area contributed by atoms with E-state index in [0.29, 0.717) is 13.0 Å². The minimum atomic E-state index is 0.0355. The quantitative estimate of drug-likeness (QED) is 0.763. The lowest BCUT2D eigenvalue weighted by molar-refractivity contribution is -0.116. The zero-order valence-electron chi connectivity index (χ0n) is 12.7. The molecule has 0 radical (unpaired) electrons. The summed E-state index contributed by atoms with van der Waals surface area (Å²) < 4.78 is 0. The van der Waals surface area contributed by atoms with Crippen molar-refractivity contribution in [1.82, 2.24) is 5.32 Å². The third kappa shape index (κ3) is 5.51. The first-order valence-corrected chi connectivity index (χ1v) is 7.83. The molecule has 1 amide bonds. The Bertz CT molecular complexity index is 611. The lowest BCUT2D eigenvalue weighted by Crippen LogP contribution is -2.23. The summed E-state index contributed by atoms with van der Waals surface area (Å²) in [5, 5.41) is 6.97. The summed E-state index contributed by atoms with van der Waals surface area (Å²) in [6, 6.07) is 15.6. The number of para-hydroxylation sites is 1. The van der Waals surface area contributed by atoms with Gasteiger partial charge in [0.1, 0.15) is 0 Å². The number of anilines is 1. The van der Waals surface area contributed by atoms with Crippen molar-refractivity contribution in [2.24, 2.45) is 0 Å². The Balaban J connectivity index is 1.63. The fourth-order valence-corrected chi connectivity index (χ4v) is 2.26. The van der Waals surface area contributed by atoms with Crippen molar-refractivity contribution in [3.8, 4) is 0 Å². The number of carbonyl (C=O) groups excluding carboxylic acids is 1. The second kappa shape index (κ2) is 8.57. The van der Waals surface area contributed by atoms with Crippen molar-refractivity contribution in [3.63, 3.8) is 0 Å². The van der Waals surface area contributed by atoms with Crippen LogP contribution in [0.25, 0.3) is 0 Å². The van der Waals surface area contributed by atoms with Crippen LogP contribution in [-0.4, -0.2) is 19.0 Å². The predicted molar refractivity (Wildman–Crippen MR) is 92.5 cm³/mol. The van der Waals surface area contributed by atoms with Gasteiger partial charge in [-0.2, -0.15) is 0 Å². The van der Waals surface area contributed by atoms with Crippen LogP contribution in [0, 0.1) is 6.92 Å². The zero-order valence-corrected chi connectivity index (χ0v) is 13.5. The van der Waals surface area contributed by atoms with Gasteiger partial charge >= 0.3 is 0 Å². The van der Waals surface area contributed by atoms with Gasteiger partial charge in [0, 0.05) is 23.7 Å². The number of nitrogens with one attached hydrogen (secondary N) is 2. The molecule has 0 atom stereocenters. The van der Waals surface area contributed by atoms with Crippen molar-refractivity contribution < 1.29 is 4.79 Å². The second-order valence-electron chi connectivity index (χ2n) is 5.24. The Hall–Kier alpha value is -1.84. The van der Waals surface area contributed by atoms with E-state index >= 15 is 0 Å². The summed E-state index contributed by atoms with van der Waals surface area (Å²) in [7, 11) is 0. The van der Waals surface area contributed by atoms with Crippen LogP contribution in [0.2, 0.25) is 5.02 Å². The van der Waals surface area contributed by atoms with Gasteiger partial charge in [-0.15, -0.1) is 0 Å². The van der Waals surface area contributed by atoms with Crippen molar-refractivity contribution in [3.05, 3.63) is 64.7 Å². The maximum absolute atomic E-state index is 11.9. The molecule has 4 heteroatoms. The number of aryl methyl sites for hydroxylation is 1. The third-order valence-electron chi connectivity index (χ3n) is 3.45. The molecule has 2 N–H and O–H groups in total. The molecule has 0 aliphatic heterocycles. The average molecular weight is 317 g/mol. The van der Waals surface area contributed by atoms with Gasteiger partial charge in [-0.25, -0.2) is 0 Å². The molecule has 0 unspecified atom stereocenters. The number of benzene rings is 2. The number of halogens is 1. The monoisotopic (exact) mass is 316 g/mol. The van der Waals surface area contributed by atoms with Gasteiger partial charge in [0.25, 0.3) is 0 Å². The van der Waals surface area contributed by atoms with E-state index in [1.807, 2.05) is 55.5 Å². The molecule has 0 fully saturated rings. The Kier molecular flexibility index (Phi) is 6.44. The van der Waals surface area contributed by atoms with E-state index in [9.17, 15) is 4.79 Å². The minimum absolute atomic E-state index is 0.0355. The van der Waals surface area contributed by atoms with Crippen LogP contribution in [-0.2, 0) is 11.2 Å². The average Bonchev–Trinajstić information content (AvgIpc) is 2.51. The number of hydrogen-bond donors (Lipinski definition) is 2. The highest BCUT2D eigenvalue weighted by molar-refractivity contribution is 6.30. The minimum Gasteiger partial charge on any atom is -0.326 e. The number of amides is 1. The molecule has 0 aliphatic carbocycles. The van der Waals surface area contributed by atoms with Gasteiger partial charge in [0.2, 0.25) is 5.91 Å². The molecule has 0 aliphatic rings. The van der Waals surface area contributed by atoms with Gasteiger partial charge in [0.15, 0.2) is 0 Å². The normalized spacial score (nSPS) is 10.5. The molecule has 0 heterocycles. The smallest absolute Gasteiger partial charge is 0.225 e. The highest BCUT2D eigenvalue weighted by Crippen LogP contribution is 2.13. The van der Waals surface area contributed by atoms with Crippen molar-refractivity contribution in [2.45, 2.75) is 19.8 Å². The van der Waals surface area contributed by atoms with Crippen LogP contribution < -0.4 is 10.6 Å². The van der Waals surface area contributed by atoms with E-state index in [-0.39, 0.29) is 5.91 Å². The molecular weight excluding hydrogens is 296 g/mol. The topological polar surface area (TPSA) is 41.1 Å². The highest BCUT2D eigenvalue weighted by Gasteiger charge is 2.03. The Labute approximate surface area is 136 Å². The van der Waals surface area contributed by atoms with Crippen LogP contribution in [0.15, 0.2) is 48.5 Å². The van der Waals surface area contributed by atoms with Crippen LogP contribution in [0.1, 0.15) is 17.5 Å². The Morgan fingerprint density at radius 2 is 1.77 bits per heavy atom.